The Balaban J connectivity index is 1.50. The first-order valence-corrected chi connectivity index (χ1v) is 14.4. The molecular formula is C30H35N3O4S. The third kappa shape index (κ3) is 6.61. The molecule has 3 aromatic carbocycles. The van der Waals surface area contributed by atoms with Crippen molar-refractivity contribution >= 4 is 27.5 Å². The summed E-state index contributed by atoms with van der Waals surface area (Å²) in [6, 6.07) is 21.6. The van der Waals surface area contributed by atoms with E-state index in [1.54, 1.807) is 36.4 Å². The maximum absolute atomic E-state index is 13.6. The van der Waals surface area contributed by atoms with E-state index in [1.165, 1.54) is 0 Å². The topological polar surface area (TPSA) is 86.8 Å². The molecule has 0 radical (unpaired) electrons. The first kappa shape index (κ1) is 27.4. The van der Waals surface area contributed by atoms with Crippen LogP contribution in [0.2, 0.25) is 0 Å². The van der Waals surface area contributed by atoms with Gasteiger partial charge in [-0.2, -0.15) is 0 Å². The number of sulfonamides is 1. The third-order valence-electron chi connectivity index (χ3n) is 6.77. The molecule has 0 spiro atoms. The Labute approximate surface area is 225 Å². The van der Waals surface area contributed by atoms with Gasteiger partial charge in [-0.15, -0.1) is 0 Å². The van der Waals surface area contributed by atoms with Crippen LogP contribution in [0, 0.1) is 6.92 Å². The van der Waals surface area contributed by atoms with Gasteiger partial charge in [-0.25, -0.2) is 8.42 Å². The van der Waals surface area contributed by atoms with Gasteiger partial charge in [0.25, 0.3) is 10.0 Å². The number of hydrogen-bond donors (Lipinski definition) is 1. The normalized spacial score (nSPS) is 13.7. The number of nitrogens with zero attached hydrogens (tertiary/aromatic N) is 2. The number of aryl methyl sites for hydroxylation is 1. The zero-order chi connectivity index (χ0) is 27.3. The van der Waals surface area contributed by atoms with Crippen molar-refractivity contribution in [2.75, 3.05) is 17.4 Å². The van der Waals surface area contributed by atoms with Crippen LogP contribution in [0.25, 0.3) is 0 Å². The predicted octanol–water partition coefficient (Wildman–Crippen LogP) is 4.75. The Morgan fingerprint density at radius 2 is 1.68 bits per heavy atom. The van der Waals surface area contributed by atoms with E-state index in [-0.39, 0.29) is 23.9 Å². The van der Waals surface area contributed by atoms with Crippen LogP contribution in [-0.4, -0.2) is 38.2 Å². The number of hydrogen-bond acceptors (Lipinski definition) is 4. The molecule has 1 N–H and O–H groups in total. The van der Waals surface area contributed by atoms with Crippen molar-refractivity contribution in [3.05, 3.63) is 95.1 Å². The molecule has 1 aliphatic rings. The Bertz CT molecular complexity index is 1380. The molecular weight excluding hydrogens is 498 g/mol. The van der Waals surface area contributed by atoms with Crippen LogP contribution < -0.4 is 9.62 Å². The largest absolute Gasteiger partial charge is 0.350 e. The minimum Gasteiger partial charge on any atom is -0.350 e. The lowest BCUT2D eigenvalue weighted by Gasteiger charge is -2.24. The SMILES string of the molecule is Cc1ccc(S(=O)(=O)N(CC(=O)NCc2cccc(CN3CCCC3=O)c2)c2ccc(C(C)C)cc2)cc1. The summed E-state index contributed by atoms with van der Waals surface area (Å²) in [5.74, 6) is 0.0580. The fraction of sp³-hybridized carbons (Fsp3) is 0.333. The van der Waals surface area contributed by atoms with E-state index in [4.69, 9.17) is 0 Å². The van der Waals surface area contributed by atoms with Crippen molar-refractivity contribution in [1.82, 2.24) is 10.2 Å². The molecule has 1 aliphatic heterocycles. The molecule has 0 aliphatic carbocycles. The van der Waals surface area contributed by atoms with Gasteiger partial charge >= 0.3 is 0 Å². The molecule has 0 aromatic heterocycles. The van der Waals surface area contributed by atoms with Crippen molar-refractivity contribution in [3.63, 3.8) is 0 Å². The summed E-state index contributed by atoms with van der Waals surface area (Å²) in [7, 11) is -3.97. The van der Waals surface area contributed by atoms with Crippen molar-refractivity contribution in [1.29, 1.82) is 0 Å². The molecule has 0 bridgehead atoms. The summed E-state index contributed by atoms with van der Waals surface area (Å²) in [6.45, 7) is 7.26. The molecule has 4 rings (SSSR count). The quantitative estimate of drug-likeness (QED) is 0.407. The molecule has 0 saturated carbocycles. The Hall–Kier alpha value is -3.65. The van der Waals surface area contributed by atoms with E-state index < -0.39 is 15.9 Å². The standard InChI is InChI=1S/C30H35N3O4S/c1-22(2)26-11-13-27(14-12-26)33(38(36,37)28-15-9-23(3)10-16-28)21-29(34)31-19-24-6-4-7-25(18-24)20-32-17-5-8-30(32)35/h4,6-7,9-16,18,22H,5,8,17,19-21H2,1-3H3,(H,31,34). The second-order valence-electron chi connectivity index (χ2n) is 10.1. The maximum Gasteiger partial charge on any atom is 0.264 e. The van der Waals surface area contributed by atoms with Crippen LogP contribution in [0.15, 0.2) is 77.7 Å². The molecule has 1 heterocycles. The molecule has 7 nitrogen and oxygen atoms in total. The van der Waals surface area contributed by atoms with Crippen LogP contribution >= 0.6 is 0 Å². The molecule has 2 amide bonds. The van der Waals surface area contributed by atoms with E-state index in [2.05, 4.69) is 19.2 Å². The highest BCUT2D eigenvalue weighted by Gasteiger charge is 2.27. The number of carbonyl (C=O) groups excluding carboxylic acids is 2. The van der Waals surface area contributed by atoms with Gasteiger partial charge in [-0.05, 0) is 60.2 Å². The fourth-order valence-corrected chi connectivity index (χ4v) is 5.92. The lowest BCUT2D eigenvalue weighted by Crippen LogP contribution is -2.40. The monoisotopic (exact) mass is 533 g/mol. The maximum atomic E-state index is 13.6. The zero-order valence-corrected chi connectivity index (χ0v) is 23.0. The van der Waals surface area contributed by atoms with Crippen LogP contribution in [0.5, 0.6) is 0 Å². The third-order valence-corrected chi connectivity index (χ3v) is 8.56. The first-order chi connectivity index (χ1) is 18.1. The molecule has 3 aromatic rings. The first-order valence-electron chi connectivity index (χ1n) is 12.9. The Morgan fingerprint density at radius 3 is 2.32 bits per heavy atom. The molecule has 1 saturated heterocycles. The lowest BCUT2D eigenvalue weighted by molar-refractivity contribution is -0.128. The van der Waals surface area contributed by atoms with E-state index in [9.17, 15) is 18.0 Å². The van der Waals surface area contributed by atoms with Crippen LogP contribution in [0.1, 0.15) is 54.9 Å². The highest BCUT2D eigenvalue weighted by atomic mass is 32.2. The Morgan fingerprint density at radius 1 is 1.00 bits per heavy atom. The minimum absolute atomic E-state index is 0.132. The number of benzene rings is 3. The highest BCUT2D eigenvalue weighted by Crippen LogP contribution is 2.26. The van der Waals surface area contributed by atoms with Crippen molar-refractivity contribution in [2.45, 2.75) is 57.5 Å². The van der Waals surface area contributed by atoms with Gasteiger partial charge in [0, 0.05) is 26.1 Å². The van der Waals surface area contributed by atoms with Gasteiger partial charge in [0.15, 0.2) is 0 Å². The highest BCUT2D eigenvalue weighted by molar-refractivity contribution is 7.92. The fourth-order valence-electron chi connectivity index (χ4n) is 4.49. The molecule has 8 heteroatoms. The molecule has 1 fully saturated rings. The average molecular weight is 534 g/mol. The van der Waals surface area contributed by atoms with Gasteiger partial charge < -0.3 is 10.2 Å². The van der Waals surface area contributed by atoms with Crippen LogP contribution in [0.3, 0.4) is 0 Å². The van der Waals surface area contributed by atoms with Crippen molar-refractivity contribution in [3.8, 4) is 0 Å². The second kappa shape index (κ2) is 11.8. The summed E-state index contributed by atoms with van der Waals surface area (Å²) in [6.07, 6.45) is 1.48. The second-order valence-corrected chi connectivity index (χ2v) is 11.9. The number of nitrogens with one attached hydrogen (secondary N) is 1. The Kier molecular flexibility index (Phi) is 8.52. The molecule has 0 atom stereocenters. The zero-order valence-electron chi connectivity index (χ0n) is 22.2. The average Bonchev–Trinajstić information content (AvgIpc) is 3.30. The van der Waals surface area contributed by atoms with E-state index in [0.29, 0.717) is 24.6 Å². The van der Waals surface area contributed by atoms with Gasteiger partial charge in [0.2, 0.25) is 11.8 Å². The molecule has 0 unspecified atom stereocenters. The van der Waals surface area contributed by atoms with Crippen LogP contribution in [-0.2, 0) is 32.7 Å². The van der Waals surface area contributed by atoms with E-state index in [1.807, 2.05) is 48.2 Å². The van der Waals surface area contributed by atoms with Gasteiger partial charge in [-0.1, -0.05) is 67.9 Å². The summed E-state index contributed by atoms with van der Waals surface area (Å²) >= 11 is 0. The van der Waals surface area contributed by atoms with Gasteiger partial charge in [0.05, 0.1) is 10.6 Å². The van der Waals surface area contributed by atoms with Crippen molar-refractivity contribution in [2.24, 2.45) is 0 Å². The van der Waals surface area contributed by atoms with E-state index >= 15 is 0 Å². The summed E-state index contributed by atoms with van der Waals surface area (Å²) < 4.78 is 28.4. The smallest absolute Gasteiger partial charge is 0.264 e. The number of rotatable bonds is 10. The molecule has 38 heavy (non-hydrogen) atoms. The van der Waals surface area contributed by atoms with Gasteiger partial charge in [0.1, 0.15) is 6.54 Å². The van der Waals surface area contributed by atoms with Crippen molar-refractivity contribution < 1.29 is 18.0 Å². The predicted molar refractivity (Wildman–Crippen MR) is 149 cm³/mol. The van der Waals surface area contributed by atoms with Crippen LogP contribution in [0.4, 0.5) is 5.69 Å². The van der Waals surface area contributed by atoms with E-state index in [0.717, 1.165) is 39.5 Å². The summed E-state index contributed by atoms with van der Waals surface area (Å²) in [5, 5.41) is 2.87. The minimum atomic E-state index is -3.97. The molecule has 200 valence electrons. The summed E-state index contributed by atoms with van der Waals surface area (Å²) in [4.78, 5) is 27.0. The lowest BCUT2D eigenvalue weighted by atomic mass is 10.0. The number of carbonyl (C=O) groups is 2. The number of likely N-dealkylation sites (tertiary alicyclic amines) is 1. The van der Waals surface area contributed by atoms with Gasteiger partial charge in [-0.3, -0.25) is 13.9 Å². The number of anilines is 1. The number of amides is 2. The summed E-state index contributed by atoms with van der Waals surface area (Å²) in [5.41, 5.74) is 4.35.